The van der Waals surface area contributed by atoms with Crippen LogP contribution in [0.4, 0.5) is 10.5 Å². The number of benzene rings is 1. The lowest BCUT2D eigenvalue weighted by Gasteiger charge is -2.37. The van der Waals surface area contributed by atoms with Crippen molar-refractivity contribution in [3.63, 3.8) is 0 Å². The van der Waals surface area contributed by atoms with E-state index in [1.165, 1.54) is 6.92 Å². The quantitative estimate of drug-likeness (QED) is 0.837. The fourth-order valence-corrected chi connectivity index (χ4v) is 2.59. The monoisotopic (exact) mass is 303 g/mol. The van der Waals surface area contributed by atoms with Gasteiger partial charge in [-0.1, -0.05) is 26.0 Å². The molecule has 0 radical (unpaired) electrons. The summed E-state index contributed by atoms with van der Waals surface area (Å²) in [5, 5.41) is 5.55. The lowest BCUT2D eigenvalue weighted by atomic mass is 10.00. The first-order chi connectivity index (χ1) is 10.4. The van der Waals surface area contributed by atoms with Gasteiger partial charge in [0.05, 0.1) is 0 Å². The van der Waals surface area contributed by atoms with Crippen molar-refractivity contribution in [2.45, 2.75) is 26.8 Å². The van der Waals surface area contributed by atoms with Crippen molar-refractivity contribution in [1.82, 2.24) is 10.2 Å². The van der Waals surface area contributed by atoms with E-state index in [9.17, 15) is 14.4 Å². The number of carbonyl (C=O) groups excluding carboxylic acids is 3. The van der Waals surface area contributed by atoms with Crippen LogP contribution in [0.3, 0.4) is 0 Å². The van der Waals surface area contributed by atoms with Crippen molar-refractivity contribution >= 4 is 23.4 Å². The van der Waals surface area contributed by atoms with E-state index in [2.05, 4.69) is 10.6 Å². The van der Waals surface area contributed by atoms with E-state index in [0.717, 1.165) is 0 Å². The lowest BCUT2D eigenvalue weighted by molar-refractivity contribution is -0.129. The first-order valence-corrected chi connectivity index (χ1v) is 7.36. The molecule has 1 aliphatic rings. The number of rotatable bonds is 3. The molecule has 0 saturated carbocycles. The maximum atomic E-state index is 12.5. The minimum Gasteiger partial charge on any atom is -0.353 e. The first-order valence-electron chi connectivity index (χ1n) is 7.36. The summed E-state index contributed by atoms with van der Waals surface area (Å²) in [6.45, 7) is 6.21. The van der Waals surface area contributed by atoms with Crippen LogP contribution in [-0.2, 0) is 4.79 Å². The minimum absolute atomic E-state index is 0.0228. The van der Waals surface area contributed by atoms with Crippen LogP contribution in [0.25, 0.3) is 0 Å². The van der Waals surface area contributed by atoms with Crippen LogP contribution in [0, 0.1) is 5.92 Å². The molecule has 0 aliphatic carbocycles. The largest absolute Gasteiger partial charge is 0.353 e. The third kappa shape index (κ3) is 3.44. The number of piperazine rings is 1. The molecule has 118 valence electrons. The molecule has 1 heterocycles. The minimum atomic E-state index is -0.482. The highest BCUT2D eigenvalue weighted by Gasteiger charge is 2.35. The molecule has 1 fully saturated rings. The summed E-state index contributed by atoms with van der Waals surface area (Å²) >= 11 is 0. The molecule has 3 amide bonds. The molecule has 6 heteroatoms. The topological polar surface area (TPSA) is 78.5 Å². The van der Waals surface area contributed by atoms with E-state index in [1.807, 2.05) is 13.8 Å². The van der Waals surface area contributed by atoms with Gasteiger partial charge in [0.25, 0.3) is 0 Å². The van der Waals surface area contributed by atoms with Crippen LogP contribution in [0.5, 0.6) is 0 Å². The van der Waals surface area contributed by atoms with Crippen LogP contribution in [0.15, 0.2) is 24.3 Å². The average molecular weight is 303 g/mol. The number of carbonyl (C=O) groups is 3. The molecular formula is C16H21N3O3. The number of amides is 3. The van der Waals surface area contributed by atoms with E-state index >= 15 is 0 Å². The Labute approximate surface area is 129 Å². The second-order valence-electron chi connectivity index (χ2n) is 5.74. The molecule has 22 heavy (non-hydrogen) atoms. The Morgan fingerprint density at radius 1 is 1.36 bits per heavy atom. The van der Waals surface area contributed by atoms with Gasteiger partial charge in [-0.2, -0.15) is 0 Å². The van der Waals surface area contributed by atoms with Crippen LogP contribution < -0.4 is 10.6 Å². The number of urea groups is 1. The summed E-state index contributed by atoms with van der Waals surface area (Å²) in [5.74, 6) is -0.169. The Morgan fingerprint density at radius 3 is 2.73 bits per heavy atom. The Morgan fingerprint density at radius 2 is 2.09 bits per heavy atom. The highest BCUT2D eigenvalue weighted by atomic mass is 16.2. The third-order valence-electron chi connectivity index (χ3n) is 3.67. The number of nitrogens with zero attached hydrogens (tertiary/aromatic N) is 1. The van der Waals surface area contributed by atoms with Crippen molar-refractivity contribution in [2.24, 2.45) is 5.92 Å². The van der Waals surface area contributed by atoms with Gasteiger partial charge in [-0.25, -0.2) is 4.79 Å². The highest BCUT2D eigenvalue weighted by molar-refractivity contribution is 5.98. The van der Waals surface area contributed by atoms with Crippen LogP contribution in [-0.4, -0.2) is 41.8 Å². The molecule has 1 aromatic rings. The molecular weight excluding hydrogens is 282 g/mol. The molecule has 1 atom stereocenters. The van der Waals surface area contributed by atoms with Crippen molar-refractivity contribution in [2.75, 3.05) is 18.4 Å². The van der Waals surface area contributed by atoms with E-state index in [-0.39, 0.29) is 23.6 Å². The number of anilines is 1. The second kappa shape index (κ2) is 6.60. The molecule has 2 rings (SSSR count). The van der Waals surface area contributed by atoms with Gasteiger partial charge < -0.3 is 15.5 Å². The number of nitrogens with one attached hydrogen (secondary N) is 2. The first kappa shape index (κ1) is 16.0. The molecule has 0 bridgehead atoms. The predicted octanol–water partition coefficient (Wildman–Crippen LogP) is 1.88. The Bertz CT molecular complexity index is 598. The number of hydrogen-bond donors (Lipinski definition) is 2. The van der Waals surface area contributed by atoms with Crippen molar-refractivity contribution in [1.29, 1.82) is 0 Å². The third-order valence-corrected chi connectivity index (χ3v) is 3.67. The van der Waals surface area contributed by atoms with Gasteiger partial charge in [0.15, 0.2) is 5.78 Å². The molecule has 6 nitrogen and oxygen atoms in total. The lowest BCUT2D eigenvalue weighted by Crippen LogP contribution is -2.60. The van der Waals surface area contributed by atoms with Crippen molar-refractivity contribution < 1.29 is 14.4 Å². The maximum Gasteiger partial charge on any atom is 0.322 e. The van der Waals surface area contributed by atoms with E-state index in [4.69, 9.17) is 0 Å². The van der Waals surface area contributed by atoms with Gasteiger partial charge in [-0.05, 0) is 25.0 Å². The number of ketones is 1. The van der Waals surface area contributed by atoms with Gasteiger partial charge in [0, 0.05) is 24.3 Å². The SMILES string of the molecule is CC(=O)c1cccc(NC(=O)N2CCNC(=O)[C@@H]2C(C)C)c1. The fourth-order valence-electron chi connectivity index (χ4n) is 2.59. The Kier molecular flexibility index (Phi) is 4.80. The van der Waals surface area contributed by atoms with Crippen LogP contribution in [0.1, 0.15) is 31.1 Å². The number of Topliss-reactive ketones (excluding diaryl/α,β-unsaturated/α-hetero) is 1. The maximum absolute atomic E-state index is 12.5. The van der Waals surface area contributed by atoms with E-state index < -0.39 is 6.04 Å². The van der Waals surface area contributed by atoms with Gasteiger partial charge in [-0.15, -0.1) is 0 Å². The molecule has 1 saturated heterocycles. The highest BCUT2D eigenvalue weighted by Crippen LogP contribution is 2.17. The van der Waals surface area contributed by atoms with Crippen molar-refractivity contribution in [3.05, 3.63) is 29.8 Å². The molecule has 1 aromatic carbocycles. The zero-order chi connectivity index (χ0) is 16.3. The normalized spacial score (nSPS) is 18.1. The Balaban J connectivity index is 2.15. The summed E-state index contributed by atoms with van der Waals surface area (Å²) < 4.78 is 0. The summed E-state index contributed by atoms with van der Waals surface area (Å²) in [6, 6.07) is 5.96. The standard InChI is InChI=1S/C16H21N3O3/c1-10(2)14-15(21)17-7-8-19(14)16(22)18-13-6-4-5-12(9-13)11(3)20/h4-6,9-10,14H,7-8H2,1-3H3,(H,17,21)(H,18,22)/t14-/m0/s1. The fraction of sp³-hybridized carbons (Fsp3) is 0.438. The number of hydrogen-bond acceptors (Lipinski definition) is 3. The molecule has 0 unspecified atom stereocenters. The molecule has 1 aliphatic heterocycles. The Hall–Kier alpha value is -2.37. The van der Waals surface area contributed by atoms with Crippen LogP contribution >= 0.6 is 0 Å². The summed E-state index contributed by atoms with van der Waals surface area (Å²) in [5.41, 5.74) is 1.08. The van der Waals surface area contributed by atoms with Gasteiger partial charge in [0.2, 0.25) is 5.91 Å². The smallest absolute Gasteiger partial charge is 0.322 e. The van der Waals surface area contributed by atoms with Crippen LogP contribution in [0.2, 0.25) is 0 Å². The average Bonchev–Trinajstić information content (AvgIpc) is 2.46. The summed E-state index contributed by atoms with van der Waals surface area (Å²) in [4.78, 5) is 37.4. The predicted molar refractivity (Wildman–Crippen MR) is 83.8 cm³/mol. The zero-order valence-electron chi connectivity index (χ0n) is 13.1. The van der Waals surface area contributed by atoms with Gasteiger partial charge in [-0.3, -0.25) is 9.59 Å². The van der Waals surface area contributed by atoms with E-state index in [0.29, 0.717) is 24.3 Å². The van der Waals surface area contributed by atoms with Crippen molar-refractivity contribution in [3.8, 4) is 0 Å². The van der Waals surface area contributed by atoms with E-state index in [1.54, 1.807) is 29.2 Å². The molecule has 2 N–H and O–H groups in total. The van der Waals surface area contributed by atoms with Gasteiger partial charge in [0.1, 0.15) is 6.04 Å². The summed E-state index contributed by atoms with van der Waals surface area (Å²) in [6.07, 6.45) is 0. The summed E-state index contributed by atoms with van der Waals surface area (Å²) in [7, 11) is 0. The zero-order valence-corrected chi connectivity index (χ0v) is 13.1. The molecule has 0 spiro atoms. The molecule has 0 aromatic heterocycles. The van der Waals surface area contributed by atoms with Gasteiger partial charge >= 0.3 is 6.03 Å². The second-order valence-corrected chi connectivity index (χ2v) is 5.74.